The molecule has 0 saturated carbocycles. The highest BCUT2D eigenvalue weighted by Crippen LogP contribution is 2.47. The number of carbonyl (C=O) groups is 2. The predicted molar refractivity (Wildman–Crippen MR) is 96.1 cm³/mol. The molecule has 0 fully saturated rings. The van der Waals surface area contributed by atoms with Gasteiger partial charge in [0.25, 0.3) is 0 Å². The lowest BCUT2D eigenvalue weighted by Crippen LogP contribution is -2.25. The van der Waals surface area contributed by atoms with Crippen molar-refractivity contribution in [3.05, 3.63) is 24.3 Å². The van der Waals surface area contributed by atoms with E-state index < -0.39 is 13.6 Å². The van der Waals surface area contributed by atoms with E-state index in [-0.39, 0.29) is 30.3 Å². The zero-order chi connectivity index (χ0) is 19.3. The van der Waals surface area contributed by atoms with E-state index in [1.54, 1.807) is 24.3 Å². The Bertz CT molecular complexity index is 650. The van der Waals surface area contributed by atoms with Gasteiger partial charge >= 0.3 is 13.6 Å². The predicted octanol–water partition coefficient (Wildman–Crippen LogP) is 4.14. The molecule has 0 bridgehead atoms. The summed E-state index contributed by atoms with van der Waals surface area (Å²) in [5.41, 5.74) is 0.330. The van der Waals surface area contributed by atoms with Gasteiger partial charge in [0.05, 0.1) is 12.5 Å². The molecule has 0 heterocycles. The summed E-state index contributed by atoms with van der Waals surface area (Å²) >= 11 is 0. The highest BCUT2D eigenvalue weighted by molar-refractivity contribution is 7.53. The fourth-order valence-corrected chi connectivity index (χ4v) is 3.14. The molecule has 0 aliphatic heterocycles. The monoisotopic (exact) mass is 371 g/mol. The number of aliphatic carboxylic acids is 1. The van der Waals surface area contributed by atoms with Gasteiger partial charge in [-0.15, -0.1) is 0 Å². The van der Waals surface area contributed by atoms with Crippen LogP contribution in [0.4, 0.5) is 5.69 Å². The third-order valence-electron chi connectivity index (χ3n) is 3.54. The minimum Gasteiger partial charge on any atom is -0.481 e. The molecule has 2 unspecified atom stereocenters. The summed E-state index contributed by atoms with van der Waals surface area (Å²) in [6.07, 6.45) is -0.581. The molecule has 1 rings (SSSR count). The van der Waals surface area contributed by atoms with Gasteiger partial charge in [-0.1, -0.05) is 20.8 Å². The number of carbonyl (C=O) groups excluding carboxylic acids is 1. The van der Waals surface area contributed by atoms with Crippen molar-refractivity contribution in [3.8, 4) is 5.75 Å². The van der Waals surface area contributed by atoms with Crippen molar-refractivity contribution in [2.45, 2.75) is 46.6 Å². The largest absolute Gasteiger partial charge is 0.481 e. The van der Waals surface area contributed by atoms with E-state index in [1.165, 1.54) is 6.66 Å². The second kappa shape index (κ2) is 8.50. The molecule has 0 aromatic heterocycles. The Kier molecular flexibility index (Phi) is 7.20. The SMILES string of the molecule is CC(OP(C)(=O)Oc1ccc(NC(=O)CCC(=O)O)cc1)C(C)(C)C. The Balaban J connectivity index is 2.63. The van der Waals surface area contributed by atoms with Crippen LogP contribution in [0.2, 0.25) is 0 Å². The first kappa shape index (κ1) is 21.2. The van der Waals surface area contributed by atoms with Gasteiger partial charge < -0.3 is 14.9 Å². The molecule has 7 nitrogen and oxygen atoms in total. The van der Waals surface area contributed by atoms with Crippen molar-refractivity contribution >= 4 is 25.2 Å². The molecular weight excluding hydrogens is 345 g/mol. The van der Waals surface area contributed by atoms with Crippen molar-refractivity contribution in [3.63, 3.8) is 0 Å². The standard InChI is InChI=1S/C17H26NO6P/c1-12(17(2,3)4)23-25(5,22)24-14-8-6-13(7-9-14)18-15(19)10-11-16(20)21/h6-9,12H,10-11H2,1-5H3,(H,18,19)(H,20,21). The van der Waals surface area contributed by atoms with Crippen LogP contribution in [0.15, 0.2) is 24.3 Å². The first-order valence-electron chi connectivity index (χ1n) is 7.96. The van der Waals surface area contributed by atoms with Gasteiger partial charge in [-0.2, -0.15) is 0 Å². The van der Waals surface area contributed by atoms with Crippen LogP contribution in [0.1, 0.15) is 40.5 Å². The molecule has 0 aliphatic rings. The van der Waals surface area contributed by atoms with Crippen molar-refractivity contribution in [1.82, 2.24) is 0 Å². The van der Waals surface area contributed by atoms with E-state index in [0.29, 0.717) is 11.4 Å². The number of carboxylic acid groups (broad SMARTS) is 1. The molecule has 1 amide bonds. The van der Waals surface area contributed by atoms with Crippen molar-refractivity contribution < 1.29 is 28.3 Å². The molecule has 0 radical (unpaired) electrons. The lowest BCUT2D eigenvalue weighted by Gasteiger charge is -2.29. The van der Waals surface area contributed by atoms with E-state index in [2.05, 4.69) is 5.32 Å². The number of rotatable bonds is 8. The second-order valence-corrected chi connectivity index (χ2v) is 8.88. The van der Waals surface area contributed by atoms with Crippen LogP contribution in [-0.4, -0.2) is 29.8 Å². The van der Waals surface area contributed by atoms with Crippen LogP contribution in [0.5, 0.6) is 5.75 Å². The summed E-state index contributed by atoms with van der Waals surface area (Å²) < 4.78 is 23.5. The molecule has 2 N–H and O–H groups in total. The van der Waals surface area contributed by atoms with E-state index in [0.717, 1.165) is 0 Å². The maximum absolute atomic E-state index is 12.5. The summed E-state index contributed by atoms with van der Waals surface area (Å²) in [7, 11) is -3.28. The Hall–Kier alpha value is -1.85. The number of amides is 1. The van der Waals surface area contributed by atoms with Gasteiger partial charge in [0.2, 0.25) is 5.91 Å². The molecule has 1 aromatic carbocycles. The molecule has 2 atom stereocenters. The number of hydrogen-bond donors (Lipinski definition) is 2. The number of hydrogen-bond acceptors (Lipinski definition) is 5. The molecule has 8 heteroatoms. The van der Waals surface area contributed by atoms with Crippen LogP contribution >= 0.6 is 7.60 Å². The third kappa shape index (κ3) is 8.18. The van der Waals surface area contributed by atoms with E-state index in [9.17, 15) is 14.2 Å². The Morgan fingerprint density at radius 1 is 1.20 bits per heavy atom. The minimum atomic E-state index is -3.28. The summed E-state index contributed by atoms with van der Waals surface area (Å²) in [6, 6.07) is 6.30. The summed E-state index contributed by atoms with van der Waals surface area (Å²) in [6.45, 7) is 9.21. The van der Waals surface area contributed by atoms with E-state index in [1.807, 2.05) is 27.7 Å². The van der Waals surface area contributed by atoms with Gasteiger partial charge in [-0.3, -0.25) is 14.1 Å². The van der Waals surface area contributed by atoms with Gasteiger partial charge in [0.1, 0.15) is 5.75 Å². The number of nitrogens with one attached hydrogen (secondary N) is 1. The summed E-state index contributed by atoms with van der Waals surface area (Å²) in [4.78, 5) is 22.0. The van der Waals surface area contributed by atoms with Gasteiger partial charge in [0, 0.05) is 18.8 Å². The maximum Gasteiger partial charge on any atom is 0.376 e. The molecular formula is C17H26NO6P. The number of carboxylic acids is 1. The van der Waals surface area contributed by atoms with Gasteiger partial charge in [-0.05, 0) is 36.6 Å². The van der Waals surface area contributed by atoms with Gasteiger partial charge in [0.15, 0.2) is 0 Å². The number of benzene rings is 1. The van der Waals surface area contributed by atoms with Gasteiger partial charge in [-0.25, -0.2) is 4.57 Å². The topological polar surface area (TPSA) is 102 Å². The quantitative estimate of drug-likeness (QED) is 0.666. The molecule has 0 saturated heterocycles. The highest BCUT2D eigenvalue weighted by atomic mass is 31.2. The molecule has 25 heavy (non-hydrogen) atoms. The maximum atomic E-state index is 12.5. The average Bonchev–Trinajstić information content (AvgIpc) is 2.45. The normalized spacial score (nSPS) is 15.1. The Labute approximate surface area is 148 Å². The summed E-state index contributed by atoms with van der Waals surface area (Å²) in [5, 5.41) is 11.1. The summed E-state index contributed by atoms with van der Waals surface area (Å²) in [5.74, 6) is -1.06. The van der Waals surface area contributed by atoms with Crippen LogP contribution in [0, 0.1) is 5.41 Å². The fourth-order valence-electron chi connectivity index (χ4n) is 1.70. The first-order chi connectivity index (χ1) is 11.4. The zero-order valence-corrected chi connectivity index (χ0v) is 16.1. The lowest BCUT2D eigenvalue weighted by atomic mass is 9.91. The van der Waals surface area contributed by atoms with Crippen molar-refractivity contribution in [2.75, 3.05) is 12.0 Å². The lowest BCUT2D eigenvalue weighted by molar-refractivity contribution is -0.138. The molecule has 0 aliphatic carbocycles. The minimum absolute atomic E-state index is 0.101. The van der Waals surface area contributed by atoms with E-state index >= 15 is 0 Å². The fraction of sp³-hybridized carbons (Fsp3) is 0.529. The Morgan fingerprint density at radius 2 is 1.76 bits per heavy atom. The average molecular weight is 371 g/mol. The second-order valence-electron chi connectivity index (χ2n) is 6.94. The highest BCUT2D eigenvalue weighted by Gasteiger charge is 2.29. The molecule has 1 aromatic rings. The first-order valence-corrected chi connectivity index (χ1v) is 9.95. The third-order valence-corrected chi connectivity index (χ3v) is 4.79. The van der Waals surface area contributed by atoms with Crippen LogP contribution in [0.25, 0.3) is 0 Å². The van der Waals surface area contributed by atoms with Crippen molar-refractivity contribution in [2.24, 2.45) is 5.41 Å². The van der Waals surface area contributed by atoms with Crippen molar-refractivity contribution in [1.29, 1.82) is 0 Å². The molecule has 140 valence electrons. The van der Waals surface area contributed by atoms with Crippen LogP contribution < -0.4 is 9.84 Å². The van der Waals surface area contributed by atoms with E-state index in [4.69, 9.17) is 14.2 Å². The molecule has 0 spiro atoms. The smallest absolute Gasteiger partial charge is 0.376 e. The van der Waals surface area contributed by atoms with Crippen LogP contribution in [0.3, 0.4) is 0 Å². The number of anilines is 1. The van der Waals surface area contributed by atoms with Crippen LogP contribution in [-0.2, 0) is 18.7 Å². The Morgan fingerprint density at radius 3 is 2.24 bits per heavy atom. The zero-order valence-electron chi connectivity index (χ0n) is 15.2.